The van der Waals surface area contributed by atoms with Crippen LogP contribution in [0.15, 0.2) is 41.8 Å². The molecule has 0 radical (unpaired) electrons. The van der Waals surface area contributed by atoms with Crippen LogP contribution in [0.1, 0.15) is 19.4 Å². The highest BCUT2D eigenvalue weighted by atomic mass is 32.2. The zero-order valence-corrected chi connectivity index (χ0v) is 13.9. The first-order chi connectivity index (χ1) is 10.8. The number of nitrogens with one attached hydrogen (secondary N) is 2. The van der Waals surface area contributed by atoms with Gasteiger partial charge in [-0.05, 0) is 24.6 Å². The molecule has 1 rings (SSSR count). The van der Waals surface area contributed by atoms with E-state index in [0.29, 0.717) is 6.54 Å². The van der Waals surface area contributed by atoms with Gasteiger partial charge in [0.25, 0.3) is 15.9 Å². The van der Waals surface area contributed by atoms with Crippen LogP contribution in [0.5, 0.6) is 0 Å². The zero-order valence-electron chi connectivity index (χ0n) is 13.0. The number of ether oxygens (including phenoxy) is 1. The van der Waals surface area contributed by atoms with Crippen LogP contribution in [-0.4, -0.2) is 32.9 Å². The molecule has 0 saturated carbocycles. The van der Waals surface area contributed by atoms with Crippen LogP contribution in [0.25, 0.3) is 0 Å². The highest BCUT2D eigenvalue weighted by molar-refractivity contribution is 7.90. The van der Waals surface area contributed by atoms with Crippen LogP contribution in [0.4, 0.5) is 0 Å². The summed E-state index contributed by atoms with van der Waals surface area (Å²) < 4.78 is 31.3. The molecule has 0 aliphatic rings. The molecule has 0 aliphatic carbocycles. The molecule has 0 fully saturated rings. The quantitative estimate of drug-likeness (QED) is 0.679. The van der Waals surface area contributed by atoms with Crippen LogP contribution in [0, 0.1) is 0 Å². The fraction of sp³-hybridized carbons (Fsp3) is 0.333. The van der Waals surface area contributed by atoms with Crippen molar-refractivity contribution < 1.29 is 22.7 Å². The average molecular weight is 340 g/mol. The molecule has 2 amide bonds. The second-order valence-corrected chi connectivity index (χ2v) is 6.47. The van der Waals surface area contributed by atoms with Crippen LogP contribution in [0.2, 0.25) is 0 Å². The summed E-state index contributed by atoms with van der Waals surface area (Å²) in [6.07, 6.45) is 0.549. The Morgan fingerprint density at radius 1 is 1.30 bits per heavy atom. The van der Waals surface area contributed by atoms with Crippen molar-refractivity contribution in [2.75, 3.05) is 6.61 Å². The Labute approximate surface area is 135 Å². The molecule has 1 unspecified atom stereocenters. The maximum Gasteiger partial charge on any atom is 0.264 e. The Kier molecular flexibility index (Phi) is 6.92. The molecule has 1 aromatic rings. The first-order valence-electron chi connectivity index (χ1n) is 6.89. The largest absolute Gasteiger partial charge is 0.365 e. The van der Waals surface area contributed by atoms with E-state index in [1.54, 1.807) is 12.1 Å². The van der Waals surface area contributed by atoms with Crippen molar-refractivity contribution in [1.29, 1.82) is 0 Å². The Hall–Kier alpha value is -2.19. The van der Waals surface area contributed by atoms with Gasteiger partial charge in [-0.25, -0.2) is 13.1 Å². The summed E-state index contributed by atoms with van der Waals surface area (Å²) in [4.78, 5) is 22.6. The van der Waals surface area contributed by atoms with E-state index < -0.39 is 22.0 Å². The summed E-state index contributed by atoms with van der Waals surface area (Å²) in [6.45, 7) is 6.73. The highest BCUT2D eigenvalue weighted by Crippen LogP contribution is 2.11. The fourth-order valence-electron chi connectivity index (χ4n) is 1.58. The van der Waals surface area contributed by atoms with Crippen molar-refractivity contribution in [2.24, 2.45) is 0 Å². The van der Waals surface area contributed by atoms with E-state index in [-0.39, 0.29) is 17.4 Å². The highest BCUT2D eigenvalue weighted by Gasteiger charge is 2.21. The smallest absolute Gasteiger partial charge is 0.264 e. The lowest BCUT2D eigenvalue weighted by molar-refractivity contribution is -0.129. The number of hydrogen-bond acceptors (Lipinski definition) is 5. The SMILES string of the molecule is C=CCOC(C)C(=O)NS(=O)(=O)c1ccc(CNC(C)=O)cc1. The fourth-order valence-corrected chi connectivity index (χ4v) is 2.62. The third-order valence-electron chi connectivity index (χ3n) is 2.84. The minimum absolute atomic E-state index is 0.0478. The molecule has 2 N–H and O–H groups in total. The minimum atomic E-state index is -3.97. The Balaban J connectivity index is 2.74. The molecule has 0 bridgehead atoms. The molecular formula is C15H20N2O5S. The van der Waals surface area contributed by atoms with Gasteiger partial charge in [0.15, 0.2) is 0 Å². The van der Waals surface area contributed by atoms with Crippen molar-refractivity contribution in [2.45, 2.75) is 31.4 Å². The van der Waals surface area contributed by atoms with Gasteiger partial charge in [-0.1, -0.05) is 18.2 Å². The lowest BCUT2D eigenvalue weighted by atomic mass is 10.2. The van der Waals surface area contributed by atoms with Crippen molar-refractivity contribution in [3.8, 4) is 0 Å². The predicted octanol–water partition coefficient (Wildman–Crippen LogP) is 0.719. The monoisotopic (exact) mass is 340 g/mol. The van der Waals surface area contributed by atoms with E-state index in [2.05, 4.69) is 11.9 Å². The summed E-state index contributed by atoms with van der Waals surface area (Å²) in [7, 11) is -3.97. The third kappa shape index (κ3) is 6.21. The van der Waals surface area contributed by atoms with Crippen LogP contribution in [0.3, 0.4) is 0 Å². The van der Waals surface area contributed by atoms with Crippen molar-refractivity contribution >= 4 is 21.8 Å². The van der Waals surface area contributed by atoms with Gasteiger partial charge >= 0.3 is 0 Å². The minimum Gasteiger partial charge on any atom is -0.365 e. The number of sulfonamides is 1. The number of rotatable bonds is 8. The molecule has 0 aromatic heterocycles. The first kappa shape index (κ1) is 18.9. The van der Waals surface area contributed by atoms with Gasteiger partial charge in [0.2, 0.25) is 5.91 Å². The number of amides is 2. The second-order valence-electron chi connectivity index (χ2n) is 4.79. The van der Waals surface area contributed by atoms with Gasteiger partial charge < -0.3 is 10.1 Å². The molecule has 1 atom stereocenters. The molecule has 0 aliphatic heterocycles. The molecule has 23 heavy (non-hydrogen) atoms. The maximum absolute atomic E-state index is 12.1. The molecule has 7 nitrogen and oxygen atoms in total. The third-order valence-corrected chi connectivity index (χ3v) is 4.21. The van der Waals surface area contributed by atoms with E-state index in [1.807, 2.05) is 4.72 Å². The maximum atomic E-state index is 12.1. The van der Waals surface area contributed by atoms with Crippen molar-refractivity contribution in [3.63, 3.8) is 0 Å². The van der Waals surface area contributed by atoms with Gasteiger partial charge in [0.1, 0.15) is 6.10 Å². The van der Waals surface area contributed by atoms with Gasteiger partial charge in [-0.15, -0.1) is 6.58 Å². The number of carbonyl (C=O) groups is 2. The first-order valence-corrected chi connectivity index (χ1v) is 8.37. The number of benzene rings is 1. The summed E-state index contributed by atoms with van der Waals surface area (Å²) in [5, 5.41) is 2.60. The zero-order chi connectivity index (χ0) is 17.5. The normalized spacial score (nSPS) is 12.3. The summed E-state index contributed by atoms with van der Waals surface area (Å²) in [6, 6.07) is 5.85. The molecule has 0 heterocycles. The van der Waals surface area contributed by atoms with E-state index >= 15 is 0 Å². The van der Waals surface area contributed by atoms with Crippen LogP contribution >= 0.6 is 0 Å². The van der Waals surface area contributed by atoms with Gasteiger partial charge in [0, 0.05) is 13.5 Å². The van der Waals surface area contributed by atoms with Gasteiger partial charge in [-0.3, -0.25) is 9.59 Å². The topological polar surface area (TPSA) is 102 Å². The van der Waals surface area contributed by atoms with E-state index in [0.717, 1.165) is 5.56 Å². The lowest BCUT2D eigenvalue weighted by Crippen LogP contribution is -2.38. The van der Waals surface area contributed by atoms with E-state index in [1.165, 1.54) is 32.1 Å². The lowest BCUT2D eigenvalue weighted by Gasteiger charge is -2.13. The Bertz CT molecular complexity index is 668. The van der Waals surface area contributed by atoms with E-state index in [9.17, 15) is 18.0 Å². The van der Waals surface area contributed by atoms with E-state index in [4.69, 9.17) is 4.74 Å². The molecule has 126 valence electrons. The van der Waals surface area contributed by atoms with Gasteiger partial charge in [0.05, 0.1) is 11.5 Å². The molecule has 1 aromatic carbocycles. The summed E-state index contributed by atoms with van der Waals surface area (Å²) in [5.41, 5.74) is 0.744. The number of carbonyl (C=O) groups excluding carboxylic acids is 2. The van der Waals surface area contributed by atoms with Gasteiger partial charge in [-0.2, -0.15) is 0 Å². The molecule has 0 saturated heterocycles. The van der Waals surface area contributed by atoms with Crippen molar-refractivity contribution in [3.05, 3.63) is 42.5 Å². The summed E-state index contributed by atoms with van der Waals surface area (Å²) >= 11 is 0. The average Bonchev–Trinajstić information content (AvgIpc) is 2.50. The molecule has 8 heteroatoms. The van der Waals surface area contributed by atoms with Crippen LogP contribution < -0.4 is 10.0 Å². The molecular weight excluding hydrogens is 320 g/mol. The second kappa shape index (κ2) is 8.44. The molecule has 0 spiro atoms. The standard InChI is InChI=1S/C15H20N2O5S/c1-4-9-22-11(2)15(19)17-23(20,21)14-7-5-13(6-8-14)10-16-12(3)18/h4-8,11H,1,9-10H2,2-3H3,(H,16,18)(H,17,19). The summed E-state index contributed by atoms with van der Waals surface area (Å²) in [5.74, 6) is -0.934. The van der Waals surface area contributed by atoms with Crippen molar-refractivity contribution in [1.82, 2.24) is 10.0 Å². The number of hydrogen-bond donors (Lipinski definition) is 2. The van der Waals surface area contributed by atoms with Crippen LogP contribution in [-0.2, 0) is 30.9 Å². The predicted molar refractivity (Wildman–Crippen MR) is 84.9 cm³/mol. The Morgan fingerprint density at radius 2 is 1.91 bits per heavy atom. The Morgan fingerprint density at radius 3 is 2.43 bits per heavy atom.